The summed E-state index contributed by atoms with van der Waals surface area (Å²) in [5, 5.41) is 46.7. The molecular formula is C17H18N4O6. The van der Waals surface area contributed by atoms with Gasteiger partial charge in [-0.3, -0.25) is 14.0 Å². The van der Waals surface area contributed by atoms with E-state index in [2.05, 4.69) is 10.2 Å². The number of aliphatic hydroxyl groups excluding tert-OH is 4. The topological polar surface area (TPSA) is 150 Å². The second-order valence-electron chi connectivity index (χ2n) is 5.97. The van der Waals surface area contributed by atoms with E-state index < -0.39 is 36.4 Å². The van der Waals surface area contributed by atoms with Crippen molar-refractivity contribution in [1.82, 2.24) is 19.2 Å². The zero-order valence-electron chi connectivity index (χ0n) is 14.3. The molecule has 0 radical (unpaired) electrons. The van der Waals surface area contributed by atoms with Crippen molar-refractivity contribution in [2.24, 2.45) is 0 Å². The van der Waals surface area contributed by atoms with Crippen molar-refractivity contribution in [3.63, 3.8) is 0 Å². The van der Waals surface area contributed by atoms with Gasteiger partial charge in [0.25, 0.3) is 5.56 Å². The van der Waals surface area contributed by atoms with Gasteiger partial charge in [0.15, 0.2) is 5.82 Å². The monoisotopic (exact) mass is 374 g/mol. The van der Waals surface area contributed by atoms with Crippen molar-refractivity contribution in [3.8, 4) is 11.3 Å². The zero-order chi connectivity index (χ0) is 19.7. The minimum atomic E-state index is -1.76. The SMILES string of the molecule is CC(=O)n1c(=O)cc(-c2ccccc2)n2c([C@@H](O)[C@H](O)[C@H](O)CO)nnc12. The molecule has 0 aliphatic heterocycles. The Labute approximate surface area is 152 Å². The Morgan fingerprint density at radius 1 is 1.15 bits per heavy atom. The Balaban J connectivity index is 2.32. The molecular weight excluding hydrogens is 356 g/mol. The highest BCUT2D eigenvalue weighted by atomic mass is 16.4. The molecule has 3 aromatic rings. The molecule has 0 aliphatic carbocycles. The first-order valence-corrected chi connectivity index (χ1v) is 8.09. The van der Waals surface area contributed by atoms with Gasteiger partial charge in [-0.1, -0.05) is 30.3 Å². The first kappa shape index (κ1) is 18.9. The molecule has 10 heteroatoms. The fourth-order valence-corrected chi connectivity index (χ4v) is 2.79. The number of nitrogens with zero attached hydrogens (tertiary/aromatic N) is 4. The highest BCUT2D eigenvalue weighted by molar-refractivity contribution is 5.80. The largest absolute Gasteiger partial charge is 0.394 e. The van der Waals surface area contributed by atoms with Crippen LogP contribution in [0, 0.1) is 0 Å². The van der Waals surface area contributed by atoms with E-state index in [0.717, 1.165) is 4.57 Å². The summed E-state index contributed by atoms with van der Waals surface area (Å²) in [7, 11) is 0. The number of aromatic nitrogens is 4. The van der Waals surface area contributed by atoms with Crippen molar-refractivity contribution in [1.29, 1.82) is 0 Å². The molecule has 10 nitrogen and oxygen atoms in total. The van der Waals surface area contributed by atoms with Gasteiger partial charge in [-0.05, 0) is 5.56 Å². The molecule has 0 amide bonds. The number of carbonyl (C=O) groups is 1. The maximum Gasteiger partial charge on any atom is 0.262 e. The van der Waals surface area contributed by atoms with Crippen molar-refractivity contribution >= 4 is 11.7 Å². The van der Waals surface area contributed by atoms with Crippen LogP contribution in [-0.2, 0) is 0 Å². The van der Waals surface area contributed by atoms with E-state index >= 15 is 0 Å². The van der Waals surface area contributed by atoms with Gasteiger partial charge in [0, 0.05) is 13.0 Å². The number of carbonyl (C=O) groups excluding carboxylic acids is 1. The molecule has 1 aromatic carbocycles. The second kappa shape index (κ2) is 7.37. The lowest BCUT2D eigenvalue weighted by atomic mass is 10.1. The highest BCUT2D eigenvalue weighted by Gasteiger charge is 2.31. The molecule has 0 aliphatic rings. The van der Waals surface area contributed by atoms with Crippen LogP contribution in [0.5, 0.6) is 0 Å². The molecule has 2 aromatic heterocycles. The van der Waals surface area contributed by atoms with Gasteiger partial charge in [0.05, 0.1) is 12.3 Å². The molecule has 27 heavy (non-hydrogen) atoms. The minimum absolute atomic E-state index is 0.145. The average molecular weight is 374 g/mol. The van der Waals surface area contributed by atoms with E-state index in [4.69, 9.17) is 5.11 Å². The summed E-state index contributed by atoms with van der Waals surface area (Å²) in [5.74, 6) is -0.943. The van der Waals surface area contributed by atoms with Crippen LogP contribution in [0.25, 0.3) is 17.0 Å². The maximum atomic E-state index is 12.4. The highest BCUT2D eigenvalue weighted by Crippen LogP contribution is 2.24. The molecule has 0 spiro atoms. The van der Waals surface area contributed by atoms with Crippen LogP contribution in [0.2, 0.25) is 0 Å². The number of hydrogen-bond donors (Lipinski definition) is 4. The zero-order valence-corrected chi connectivity index (χ0v) is 14.3. The first-order valence-electron chi connectivity index (χ1n) is 8.09. The van der Waals surface area contributed by atoms with Gasteiger partial charge in [0.2, 0.25) is 11.7 Å². The molecule has 0 saturated heterocycles. The molecule has 0 saturated carbocycles. The number of hydrogen-bond acceptors (Lipinski definition) is 8. The Morgan fingerprint density at radius 3 is 2.41 bits per heavy atom. The summed E-state index contributed by atoms with van der Waals surface area (Å²) in [4.78, 5) is 24.3. The van der Waals surface area contributed by atoms with Crippen molar-refractivity contribution < 1.29 is 25.2 Å². The van der Waals surface area contributed by atoms with Crippen LogP contribution in [0.15, 0.2) is 41.2 Å². The maximum absolute atomic E-state index is 12.4. The van der Waals surface area contributed by atoms with Gasteiger partial charge in [-0.25, -0.2) is 4.57 Å². The predicted octanol–water partition coefficient (Wildman–Crippen LogP) is -1.03. The Kier molecular flexibility index (Phi) is 5.15. The Morgan fingerprint density at radius 2 is 1.81 bits per heavy atom. The third-order valence-electron chi connectivity index (χ3n) is 4.15. The summed E-state index contributed by atoms with van der Waals surface area (Å²) < 4.78 is 2.04. The van der Waals surface area contributed by atoms with Gasteiger partial charge in [-0.15, -0.1) is 10.2 Å². The molecule has 4 N–H and O–H groups in total. The smallest absolute Gasteiger partial charge is 0.262 e. The summed E-state index contributed by atoms with van der Waals surface area (Å²) in [6, 6.07) is 9.87. The van der Waals surface area contributed by atoms with Crippen molar-refractivity contribution in [2.75, 3.05) is 6.61 Å². The number of fused-ring (bicyclic) bond motifs is 1. The van der Waals surface area contributed by atoms with E-state index in [9.17, 15) is 24.9 Å². The molecule has 3 atom stereocenters. The van der Waals surface area contributed by atoms with Gasteiger partial charge < -0.3 is 20.4 Å². The van der Waals surface area contributed by atoms with Gasteiger partial charge in [-0.2, -0.15) is 0 Å². The van der Waals surface area contributed by atoms with Crippen LogP contribution >= 0.6 is 0 Å². The lowest BCUT2D eigenvalue weighted by Crippen LogP contribution is -2.36. The summed E-state index contributed by atoms with van der Waals surface area (Å²) in [6.07, 6.45) is -5.11. The van der Waals surface area contributed by atoms with Crippen molar-refractivity contribution in [2.45, 2.75) is 25.2 Å². The quantitative estimate of drug-likeness (QED) is 0.442. The fourth-order valence-electron chi connectivity index (χ4n) is 2.79. The summed E-state index contributed by atoms with van der Waals surface area (Å²) in [6.45, 7) is 0.400. The van der Waals surface area contributed by atoms with Gasteiger partial charge >= 0.3 is 0 Å². The van der Waals surface area contributed by atoms with Crippen LogP contribution in [0.4, 0.5) is 0 Å². The van der Waals surface area contributed by atoms with Crippen LogP contribution < -0.4 is 5.56 Å². The molecule has 0 bridgehead atoms. The lowest BCUT2D eigenvalue weighted by Gasteiger charge is -2.21. The molecule has 142 valence electrons. The van der Waals surface area contributed by atoms with Crippen LogP contribution in [0.1, 0.15) is 23.6 Å². The Hall–Kier alpha value is -2.92. The normalized spacial score (nSPS) is 14.9. The van der Waals surface area contributed by atoms with E-state index in [1.165, 1.54) is 17.4 Å². The predicted molar refractivity (Wildman–Crippen MR) is 93.0 cm³/mol. The fraction of sp³-hybridized carbons (Fsp3) is 0.294. The summed E-state index contributed by atoms with van der Waals surface area (Å²) >= 11 is 0. The lowest BCUT2D eigenvalue weighted by molar-refractivity contribution is -0.0805. The van der Waals surface area contributed by atoms with E-state index in [0.29, 0.717) is 5.56 Å². The summed E-state index contributed by atoms with van der Waals surface area (Å²) in [5.41, 5.74) is 0.247. The minimum Gasteiger partial charge on any atom is -0.394 e. The van der Waals surface area contributed by atoms with E-state index in [1.807, 2.05) is 0 Å². The molecule has 0 fully saturated rings. The van der Waals surface area contributed by atoms with E-state index in [-0.39, 0.29) is 17.3 Å². The number of benzene rings is 1. The van der Waals surface area contributed by atoms with E-state index in [1.54, 1.807) is 30.3 Å². The van der Waals surface area contributed by atoms with Crippen LogP contribution in [0.3, 0.4) is 0 Å². The molecule has 0 unspecified atom stereocenters. The van der Waals surface area contributed by atoms with Crippen LogP contribution in [-0.4, -0.2) is 64.3 Å². The number of aliphatic hydroxyl groups is 4. The Bertz CT molecular complexity index is 1030. The third-order valence-corrected chi connectivity index (χ3v) is 4.15. The average Bonchev–Trinajstić information content (AvgIpc) is 3.10. The van der Waals surface area contributed by atoms with Gasteiger partial charge in [0.1, 0.15) is 18.3 Å². The number of rotatable bonds is 5. The third kappa shape index (κ3) is 3.26. The first-order chi connectivity index (χ1) is 12.9. The molecule has 2 heterocycles. The standard InChI is InChI=1S/C17H18N4O6/c1-9(23)20-13(25)7-11(10-5-3-2-4-6-10)21-16(18-19-17(20)21)15(27)14(26)12(24)8-22/h2-7,12,14-15,22,24,26-27H,8H2,1H3/t12-,14-,15+/m1/s1. The molecule has 3 rings (SSSR count). The van der Waals surface area contributed by atoms with Crippen molar-refractivity contribution in [3.05, 3.63) is 52.6 Å². The second-order valence-corrected chi connectivity index (χ2v) is 5.97.